The predicted molar refractivity (Wildman–Crippen MR) is 54.0 cm³/mol. The second-order valence-corrected chi connectivity index (χ2v) is 3.96. The van der Waals surface area contributed by atoms with Gasteiger partial charge in [-0.25, -0.2) is 0 Å². The van der Waals surface area contributed by atoms with Crippen LogP contribution in [0.1, 0.15) is 20.3 Å². The van der Waals surface area contributed by atoms with Crippen molar-refractivity contribution >= 4 is 5.71 Å². The summed E-state index contributed by atoms with van der Waals surface area (Å²) in [5.41, 5.74) is 2.08. The number of rotatable bonds is 1. The van der Waals surface area contributed by atoms with Gasteiger partial charge in [-0.05, 0) is 12.8 Å². The van der Waals surface area contributed by atoms with Crippen molar-refractivity contribution in [3.63, 3.8) is 0 Å². The molecule has 0 aromatic rings. The molecule has 2 N–H and O–H groups in total. The molecular weight excluding hydrogens is 243 g/mol. The van der Waals surface area contributed by atoms with E-state index in [0.29, 0.717) is 0 Å². The maximum atomic E-state index is 13.5. The molecule has 0 aromatic heterocycles. The van der Waals surface area contributed by atoms with Gasteiger partial charge < -0.3 is 5.73 Å². The minimum absolute atomic E-state index is 0.00766. The van der Waals surface area contributed by atoms with Crippen LogP contribution in [0, 0.1) is 5.92 Å². The molecule has 98 valence electrons. The number of hydrogen-bond donors (Lipinski definition) is 1. The van der Waals surface area contributed by atoms with Gasteiger partial charge >= 0.3 is 6.18 Å². The molecule has 1 atom stereocenters. The average Bonchev–Trinajstić information content (AvgIpc) is 2.35. The summed E-state index contributed by atoms with van der Waals surface area (Å²) in [6.45, 7) is 2.76. The van der Waals surface area contributed by atoms with E-state index in [-0.39, 0.29) is 6.54 Å². The van der Waals surface area contributed by atoms with Gasteiger partial charge in [-0.1, -0.05) is 6.92 Å². The third-order valence-corrected chi connectivity index (χ3v) is 2.57. The molecule has 1 fully saturated rings. The Bertz CT molecular complexity index is 367. The summed E-state index contributed by atoms with van der Waals surface area (Å²) < 4.78 is 64.3. The van der Waals surface area contributed by atoms with Gasteiger partial charge in [-0.3, -0.25) is 4.99 Å². The summed E-state index contributed by atoms with van der Waals surface area (Å²) >= 11 is 0. The molecule has 0 unspecified atom stereocenters. The molecule has 0 bridgehead atoms. The molecule has 1 aliphatic rings. The first kappa shape index (κ1) is 13.9. The highest BCUT2D eigenvalue weighted by Gasteiger charge is 2.51. The highest BCUT2D eigenvalue weighted by molar-refractivity contribution is 6.08. The summed E-state index contributed by atoms with van der Waals surface area (Å²) in [6.07, 6.45) is -5.49. The SMILES string of the molecule is CCN=C1/C(=C(\N)C(F)(F)F)[C@@H](C)CC1(F)F. The molecule has 0 heterocycles. The first-order chi connectivity index (χ1) is 7.61. The van der Waals surface area contributed by atoms with Gasteiger partial charge in [0.15, 0.2) is 0 Å². The Labute approximate surface area is 95.4 Å². The molecule has 1 saturated carbocycles. The van der Waals surface area contributed by atoms with Gasteiger partial charge in [0.2, 0.25) is 0 Å². The summed E-state index contributed by atoms with van der Waals surface area (Å²) in [5.74, 6) is -4.28. The van der Waals surface area contributed by atoms with Crippen LogP contribution in [-0.2, 0) is 0 Å². The van der Waals surface area contributed by atoms with E-state index in [2.05, 4.69) is 4.99 Å². The molecule has 0 aliphatic heterocycles. The first-order valence-corrected chi connectivity index (χ1v) is 5.11. The number of hydrogen-bond acceptors (Lipinski definition) is 2. The molecule has 0 saturated heterocycles. The van der Waals surface area contributed by atoms with Crippen molar-refractivity contribution in [2.75, 3.05) is 6.54 Å². The Balaban J connectivity index is 3.36. The first-order valence-electron chi connectivity index (χ1n) is 5.11. The van der Waals surface area contributed by atoms with Gasteiger partial charge in [0.1, 0.15) is 11.4 Å². The van der Waals surface area contributed by atoms with E-state index in [1.807, 2.05) is 0 Å². The molecule has 0 aromatic carbocycles. The van der Waals surface area contributed by atoms with Gasteiger partial charge in [-0.15, -0.1) is 0 Å². The normalized spacial score (nSPS) is 29.8. The number of nitrogens with two attached hydrogens (primary N) is 1. The van der Waals surface area contributed by atoms with Crippen LogP contribution in [0.4, 0.5) is 22.0 Å². The zero-order valence-corrected chi connectivity index (χ0v) is 9.41. The lowest BCUT2D eigenvalue weighted by Crippen LogP contribution is -2.28. The van der Waals surface area contributed by atoms with Gasteiger partial charge in [0.05, 0.1) is 0 Å². The fourth-order valence-electron chi connectivity index (χ4n) is 1.92. The Hall–Kier alpha value is -1.14. The fourth-order valence-corrected chi connectivity index (χ4v) is 1.92. The smallest absolute Gasteiger partial charge is 0.394 e. The topological polar surface area (TPSA) is 38.4 Å². The third kappa shape index (κ3) is 2.58. The van der Waals surface area contributed by atoms with Crippen LogP contribution in [-0.4, -0.2) is 24.4 Å². The van der Waals surface area contributed by atoms with Crippen LogP contribution >= 0.6 is 0 Å². The van der Waals surface area contributed by atoms with E-state index < -0.39 is 41.4 Å². The lowest BCUT2D eigenvalue weighted by Gasteiger charge is -2.14. The van der Waals surface area contributed by atoms with Gasteiger partial charge in [0.25, 0.3) is 5.92 Å². The fraction of sp³-hybridized carbons (Fsp3) is 0.700. The minimum Gasteiger partial charge on any atom is -0.394 e. The van der Waals surface area contributed by atoms with E-state index in [4.69, 9.17) is 5.73 Å². The number of halogens is 5. The van der Waals surface area contributed by atoms with Crippen LogP contribution in [0.2, 0.25) is 0 Å². The Morgan fingerprint density at radius 3 is 2.41 bits per heavy atom. The molecule has 0 spiro atoms. The molecule has 17 heavy (non-hydrogen) atoms. The molecule has 7 heteroatoms. The molecule has 1 rings (SSSR count). The zero-order chi connectivity index (χ0) is 13.4. The van der Waals surface area contributed by atoms with E-state index >= 15 is 0 Å². The number of nitrogens with zero attached hydrogens (tertiary/aromatic N) is 1. The maximum absolute atomic E-state index is 13.5. The van der Waals surface area contributed by atoms with Gasteiger partial charge in [-0.2, -0.15) is 22.0 Å². The summed E-state index contributed by atoms with van der Waals surface area (Å²) in [4.78, 5) is 3.47. The van der Waals surface area contributed by atoms with Crippen molar-refractivity contribution in [2.45, 2.75) is 32.4 Å². The highest BCUT2D eigenvalue weighted by atomic mass is 19.4. The van der Waals surface area contributed by atoms with Crippen LogP contribution in [0.15, 0.2) is 16.3 Å². The van der Waals surface area contributed by atoms with Crippen LogP contribution < -0.4 is 5.73 Å². The lowest BCUT2D eigenvalue weighted by molar-refractivity contribution is -0.0935. The van der Waals surface area contributed by atoms with Crippen LogP contribution in [0.25, 0.3) is 0 Å². The monoisotopic (exact) mass is 256 g/mol. The molecule has 0 amide bonds. The van der Waals surface area contributed by atoms with Crippen molar-refractivity contribution in [1.29, 1.82) is 0 Å². The number of allylic oxidation sites excluding steroid dienone is 2. The van der Waals surface area contributed by atoms with Crippen molar-refractivity contribution in [3.8, 4) is 0 Å². The van der Waals surface area contributed by atoms with Crippen molar-refractivity contribution in [2.24, 2.45) is 16.6 Å². The standard InChI is InChI=1S/C10H13F5N2/c1-3-17-8-6(7(16)10(13,14)15)5(2)4-9(8,11)12/h5H,3-4,16H2,1-2H3/b7-6-,17-8?/t5-/m0/s1. The van der Waals surface area contributed by atoms with Gasteiger partial charge in [0, 0.05) is 18.5 Å². The molecule has 0 radical (unpaired) electrons. The Morgan fingerprint density at radius 2 is 2.00 bits per heavy atom. The van der Waals surface area contributed by atoms with Crippen LogP contribution in [0.3, 0.4) is 0 Å². The molecular formula is C10H13F5N2. The number of alkyl halides is 5. The largest absolute Gasteiger partial charge is 0.431 e. The second kappa shape index (κ2) is 4.27. The van der Waals surface area contributed by atoms with Crippen LogP contribution in [0.5, 0.6) is 0 Å². The summed E-state index contributed by atoms with van der Waals surface area (Å²) in [5, 5.41) is 0. The third-order valence-electron chi connectivity index (χ3n) is 2.57. The van der Waals surface area contributed by atoms with Crippen molar-refractivity contribution in [1.82, 2.24) is 0 Å². The van der Waals surface area contributed by atoms with Crippen molar-refractivity contribution < 1.29 is 22.0 Å². The van der Waals surface area contributed by atoms with E-state index in [1.54, 1.807) is 0 Å². The van der Waals surface area contributed by atoms with Crippen molar-refractivity contribution in [3.05, 3.63) is 11.3 Å². The maximum Gasteiger partial charge on any atom is 0.431 e. The van der Waals surface area contributed by atoms with E-state index in [9.17, 15) is 22.0 Å². The molecule has 2 nitrogen and oxygen atoms in total. The zero-order valence-electron chi connectivity index (χ0n) is 9.41. The highest BCUT2D eigenvalue weighted by Crippen LogP contribution is 2.43. The lowest BCUT2D eigenvalue weighted by atomic mass is 10.0. The van der Waals surface area contributed by atoms with E-state index in [1.165, 1.54) is 13.8 Å². The Morgan fingerprint density at radius 1 is 1.47 bits per heavy atom. The van der Waals surface area contributed by atoms with E-state index in [0.717, 1.165) is 0 Å². The average molecular weight is 256 g/mol. The predicted octanol–water partition coefficient (Wildman–Crippen LogP) is 2.90. The molecule has 1 aliphatic carbocycles. The Kier molecular flexibility index (Phi) is 3.50. The quantitative estimate of drug-likeness (QED) is 0.720. The second-order valence-electron chi connectivity index (χ2n) is 3.96. The minimum atomic E-state index is -4.81. The summed E-state index contributed by atoms with van der Waals surface area (Å²) in [7, 11) is 0. The summed E-state index contributed by atoms with van der Waals surface area (Å²) in [6, 6.07) is 0. The number of aliphatic imine (C=N–C) groups is 1.